The molecule has 7 rings (SSSR count). The number of carbonyl (C=O) groups is 1. The maximum absolute atomic E-state index is 14.3. The number of carbonyl (C=O) groups excluding carboxylic acids is 1. The number of aliphatic hydroxyl groups excluding tert-OH is 1. The van der Waals surface area contributed by atoms with Crippen molar-refractivity contribution in [2.45, 2.75) is 185 Å². The van der Waals surface area contributed by atoms with E-state index in [1.165, 1.54) is 0 Å². The van der Waals surface area contributed by atoms with Gasteiger partial charge in [0.2, 0.25) is 0 Å². The Kier molecular flexibility index (Phi) is 15.1. The molecule has 62 heavy (non-hydrogen) atoms. The summed E-state index contributed by atoms with van der Waals surface area (Å²) in [5.41, 5.74) is 0.176. The van der Waals surface area contributed by atoms with E-state index in [1.54, 1.807) is 33.3 Å². The molecule has 14 nitrogen and oxygen atoms in total. The fourth-order valence-corrected chi connectivity index (χ4v) is 10.9. The fraction of sp³-hybridized carbons (Fsp3) is 0.771. The van der Waals surface area contributed by atoms with Crippen molar-refractivity contribution in [2.75, 3.05) is 27.9 Å². The zero-order valence-electron chi connectivity index (χ0n) is 38.6. The molecule has 4 saturated heterocycles. The number of hydrogen-bond donors (Lipinski definition) is 3. The first-order valence-electron chi connectivity index (χ1n) is 22.9. The molecule has 6 heterocycles. The zero-order valence-corrected chi connectivity index (χ0v) is 38.6. The summed E-state index contributed by atoms with van der Waals surface area (Å²) in [7, 11) is 5.30. The van der Waals surface area contributed by atoms with Gasteiger partial charge in [-0.15, -0.1) is 0 Å². The molecule has 0 amide bonds. The molecule has 0 aromatic carbocycles. The number of hydrogen-bond acceptors (Lipinski definition) is 14. The van der Waals surface area contributed by atoms with Gasteiger partial charge in [-0.25, -0.2) is 0 Å². The summed E-state index contributed by atoms with van der Waals surface area (Å²) in [5.74, 6) is -2.56. The van der Waals surface area contributed by atoms with Crippen molar-refractivity contribution in [2.24, 2.45) is 23.7 Å². The lowest BCUT2D eigenvalue weighted by Gasteiger charge is -2.48. The molecule has 14 heteroatoms. The van der Waals surface area contributed by atoms with Gasteiger partial charge in [0, 0.05) is 51.7 Å². The molecule has 2 bridgehead atoms. The highest BCUT2D eigenvalue weighted by Gasteiger charge is 2.60. The summed E-state index contributed by atoms with van der Waals surface area (Å²) in [6.45, 7) is 16.3. The monoisotopic (exact) mass is 872 g/mol. The number of esters is 1. The zero-order chi connectivity index (χ0) is 44.7. The molecular weight excluding hydrogens is 799 g/mol. The van der Waals surface area contributed by atoms with E-state index in [9.17, 15) is 15.0 Å². The van der Waals surface area contributed by atoms with Crippen LogP contribution in [0.1, 0.15) is 87.5 Å². The molecule has 19 atom stereocenters. The predicted molar refractivity (Wildman–Crippen MR) is 230 cm³/mol. The van der Waals surface area contributed by atoms with Crippen molar-refractivity contribution in [1.29, 1.82) is 0 Å². The second-order valence-corrected chi connectivity index (χ2v) is 19.1. The molecule has 0 unspecified atom stereocenters. The van der Waals surface area contributed by atoms with E-state index in [1.807, 2.05) is 39.1 Å². The van der Waals surface area contributed by atoms with E-state index in [-0.39, 0.29) is 67.0 Å². The fourth-order valence-electron chi connectivity index (χ4n) is 10.9. The Balaban J connectivity index is 1.17. The van der Waals surface area contributed by atoms with Crippen molar-refractivity contribution < 1.29 is 62.4 Å². The topological polar surface area (TPSA) is 162 Å². The number of rotatable bonds is 8. The van der Waals surface area contributed by atoms with Gasteiger partial charge in [0.25, 0.3) is 0 Å². The maximum atomic E-state index is 14.3. The lowest BCUT2D eigenvalue weighted by atomic mass is 9.71. The van der Waals surface area contributed by atoms with E-state index in [2.05, 4.69) is 52.1 Å². The van der Waals surface area contributed by atoms with Gasteiger partial charge < -0.3 is 62.9 Å². The van der Waals surface area contributed by atoms with Crippen LogP contribution in [0, 0.1) is 23.7 Å². The van der Waals surface area contributed by atoms with Crippen LogP contribution in [0.25, 0.3) is 0 Å². The summed E-state index contributed by atoms with van der Waals surface area (Å²) in [5, 5.41) is 27.0. The predicted octanol–water partition coefficient (Wildman–Crippen LogP) is 5.21. The van der Waals surface area contributed by atoms with Crippen molar-refractivity contribution in [3.8, 4) is 0 Å². The smallest absolute Gasteiger partial charge is 0.316 e. The lowest BCUT2D eigenvalue weighted by molar-refractivity contribution is -0.312. The van der Waals surface area contributed by atoms with Crippen LogP contribution in [0.3, 0.4) is 0 Å². The maximum Gasteiger partial charge on any atom is 0.316 e. The van der Waals surface area contributed by atoms with Gasteiger partial charge in [-0.05, 0) is 69.9 Å². The Bertz CT molecular complexity index is 1730. The van der Waals surface area contributed by atoms with Gasteiger partial charge in [0.15, 0.2) is 18.4 Å². The van der Waals surface area contributed by atoms with Crippen LogP contribution in [-0.2, 0) is 52.2 Å². The van der Waals surface area contributed by atoms with Crippen LogP contribution < -0.4 is 5.32 Å². The molecule has 1 spiro atoms. The van der Waals surface area contributed by atoms with E-state index in [0.717, 1.165) is 5.57 Å². The van der Waals surface area contributed by atoms with Gasteiger partial charge in [0.05, 0.1) is 55.4 Å². The van der Waals surface area contributed by atoms with Crippen LogP contribution in [0.5, 0.6) is 0 Å². The molecule has 6 aliphatic heterocycles. The van der Waals surface area contributed by atoms with Gasteiger partial charge in [0.1, 0.15) is 35.9 Å². The standard InChI is InChI=1S/C48H73NO13/c1-25(2)42-28(5)17-18-47(62-42)23-34-20-33(61-47)16-15-27(4)43(26(3)13-12-14-32-24-55-45-41(50)29(6)19-35(46(51)58-34)48(32,45)52)59-39-22-37(54-11)44(31(8)57-39)60-38-21-36(53-10)40(49-9)30(7)56-38/h12-15,17-19,25-26,28,30-31,33-45,49-50,52H,16,20-24H2,1-11H3/b13-12+,27-15+,32-14-/t26-,28-,30-,31-,33+,34-,35-,36-,37-,38-,39-,40-,41+,42+,43-,44-,45+,47+,48+/m0/s1. The van der Waals surface area contributed by atoms with Crippen LogP contribution in [0.15, 0.2) is 59.3 Å². The molecule has 3 N–H and O–H groups in total. The molecule has 348 valence electrons. The number of allylic oxidation sites excluding steroid dienone is 2. The number of methoxy groups -OCH3 is 2. The molecule has 0 aromatic heterocycles. The highest BCUT2D eigenvalue weighted by atomic mass is 16.7. The second kappa shape index (κ2) is 19.7. The summed E-state index contributed by atoms with van der Waals surface area (Å²) >= 11 is 0. The summed E-state index contributed by atoms with van der Waals surface area (Å²) in [6.07, 6.45) is 9.72. The molecule has 4 fully saturated rings. The van der Waals surface area contributed by atoms with Crippen LogP contribution in [-0.4, -0.2) is 141 Å². The van der Waals surface area contributed by atoms with Gasteiger partial charge in [-0.3, -0.25) is 4.79 Å². The van der Waals surface area contributed by atoms with Gasteiger partial charge in [-0.2, -0.15) is 0 Å². The first-order valence-corrected chi connectivity index (χ1v) is 22.9. The minimum Gasteiger partial charge on any atom is -0.462 e. The van der Waals surface area contributed by atoms with Crippen molar-refractivity contribution in [3.63, 3.8) is 0 Å². The van der Waals surface area contributed by atoms with Crippen LogP contribution in [0.2, 0.25) is 0 Å². The van der Waals surface area contributed by atoms with Gasteiger partial charge in [-0.1, -0.05) is 64.2 Å². The average Bonchev–Trinajstić information content (AvgIpc) is 3.57. The van der Waals surface area contributed by atoms with Crippen molar-refractivity contribution in [1.82, 2.24) is 5.32 Å². The molecule has 0 radical (unpaired) electrons. The first kappa shape index (κ1) is 47.6. The van der Waals surface area contributed by atoms with Crippen LogP contribution >= 0.6 is 0 Å². The third-order valence-corrected chi connectivity index (χ3v) is 14.3. The summed E-state index contributed by atoms with van der Waals surface area (Å²) in [6, 6.07) is 0.0445. The molecule has 1 aliphatic carbocycles. The quantitative estimate of drug-likeness (QED) is 0.215. The Labute approximate surface area is 368 Å². The van der Waals surface area contributed by atoms with E-state index >= 15 is 0 Å². The largest absolute Gasteiger partial charge is 0.462 e. The molecular formula is C48H73NO13. The third-order valence-electron chi connectivity index (χ3n) is 14.3. The van der Waals surface area contributed by atoms with E-state index < -0.39 is 66.4 Å². The Morgan fingerprint density at radius 2 is 1.60 bits per heavy atom. The summed E-state index contributed by atoms with van der Waals surface area (Å²) < 4.78 is 64.3. The van der Waals surface area contributed by atoms with Gasteiger partial charge >= 0.3 is 5.97 Å². The number of nitrogens with one attached hydrogen (secondary N) is 1. The lowest BCUT2D eigenvalue weighted by Crippen LogP contribution is -2.58. The Hall–Kier alpha value is -2.31. The van der Waals surface area contributed by atoms with Crippen LogP contribution in [0.4, 0.5) is 0 Å². The van der Waals surface area contributed by atoms with Crippen molar-refractivity contribution >= 4 is 5.97 Å². The minimum atomic E-state index is -1.83. The first-order chi connectivity index (χ1) is 29.5. The number of aliphatic hydroxyl groups is 2. The summed E-state index contributed by atoms with van der Waals surface area (Å²) in [4.78, 5) is 14.3. The molecule has 0 saturated carbocycles. The highest BCUT2D eigenvalue weighted by Crippen LogP contribution is 2.47. The van der Waals surface area contributed by atoms with E-state index in [4.69, 9.17) is 47.4 Å². The number of ether oxygens (including phenoxy) is 10. The number of fused-ring (bicyclic) bond motifs is 2. The second-order valence-electron chi connectivity index (χ2n) is 19.1. The normalized spacial score (nSPS) is 48.7. The highest BCUT2D eigenvalue weighted by molar-refractivity contribution is 5.78. The molecule has 0 aromatic rings. The van der Waals surface area contributed by atoms with E-state index in [0.29, 0.717) is 43.3 Å². The Morgan fingerprint density at radius 3 is 2.31 bits per heavy atom. The average molecular weight is 872 g/mol. The Morgan fingerprint density at radius 1 is 0.887 bits per heavy atom. The third kappa shape index (κ3) is 9.64. The SMILES string of the molecule is CN[C@H]1[C@H](C)O[C@@H](O[C@H]2[C@H](C)O[C@@H](O[C@@H]3/C(C)=C/C[C@@H]4C[C@@H](C[C@]5(C=C[C@H](C)[C@@H](C(C)C)O5)O4)OC(=O)[C@@H]4C=C(C)[C@@H](O)[C@H]5OC/C(=C/C=C/[C@@H]3C)[C@]54O)C[C@@H]2OC)C[C@@H]1OC. The molecule has 7 aliphatic rings. The minimum absolute atomic E-state index is 0.0407. The number of likely N-dealkylation sites (N-methyl/N-ethyl adjacent to an activating group) is 1. The van der Waals surface area contributed by atoms with Crippen molar-refractivity contribution in [3.05, 3.63) is 59.3 Å².